The molecule has 2 aliphatic carbocycles. The van der Waals surface area contributed by atoms with E-state index in [0.717, 1.165) is 49.9 Å². The molecule has 1 aromatic heterocycles. The summed E-state index contributed by atoms with van der Waals surface area (Å²) < 4.78 is 0. The van der Waals surface area contributed by atoms with E-state index in [1.165, 1.54) is 64.2 Å². The Morgan fingerprint density at radius 1 is 1.06 bits per heavy atom. The number of nitrogens with one attached hydrogen (secondary N) is 1. The number of aromatic nitrogens is 1. The van der Waals surface area contributed by atoms with Gasteiger partial charge in [-0.3, -0.25) is 9.69 Å². The lowest BCUT2D eigenvalue weighted by Crippen LogP contribution is -2.44. The molecule has 33 heavy (non-hydrogen) atoms. The van der Waals surface area contributed by atoms with Gasteiger partial charge in [-0.05, 0) is 68.4 Å². The molecule has 0 radical (unpaired) electrons. The molecule has 1 aliphatic heterocycles. The van der Waals surface area contributed by atoms with E-state index < -0.39 is 5.54 Å². The van der Waals surface area contributed by atoms with E-state index in [9.17, 15) is 4.79 Å². The summed E-state index contributed by atoms with van der Waals surface area (Å²) in [6.45, 7) is 0.966. The van der Waals surface area contributed by atoms with Gasteiger partial charge in [0.2, 0.25) is 0 Å². The first-order valence-electron chi connectivity index (χ1n) is 13.3. The molecule has 182 valence electrons. The number of nitrogens with zero attached hydrogens (tertiary/aromatic N) is 3. The van der Waals surface area contributed by atoms with Crippen LogP contribution in [0, 0.1) is 17.8 Å². The Bertz CT molecular complexity index is 791. The van der Waals surface area contributed by atoms with Gasteiger partial charge < -0.3 is 11.1 Å². The van der Waals surface area contributed by atoms with Crippen LogP contribution in [0.15, 0.2) is 29.4 Å². The summed E-state index contributed by atoms with van der Waals surface area (Å²) >= 11 is 0. The zero-order valence-electron chi connectivity index (χ0n) is 20.5. The number of hydrogen-bond acceptors (Lipinski definition) is 5. The van der Waals surface area contributed by atoms with Crippen molar-refractivity contribution >= 4 is 17.7 Å². The largest absolute Gasteiger partial charge is 0.370 e. The van der Waals surface area contributed by atoms with Crippen LogP contribution in [0.3, 0.4) is 0 Å². The Morgan fingerprint density at radius 3 is 2.58 bits per heavy atom. The molecule has 3 atom stereocenters. The molecule has 3 N–H and O–H groups in total. The van der Waals surface area contributed by atoms with Crippen molar-refractivity contribution in [3.8, 4) is 0 Å². The minimum atomic E-state index is -0.608. The molecule has 0 bridgehead atoms. The molecule has 1 unspecified atom stereocenters. The predicted molar refractivity (Wildman–Crippen MR) is 135 cm³/mol. The van der Waals surface area contributed by atoms with Gasteiger partial charge in [0.05, 0.1) is 0 Å². The van der Waals surface area contributed by atoms with Crippen molar-refractivity contribution in [2.24, 2.45) is 28.5 Å². The minimum absolute atomic E-state index is 0.137. The van der Waals surface area contributed by atoms with E-state index in [2.05, 4.69) is 10.3 Å². The smallest absolute Gasteiger partial charge is 0.257 e. The highest BCUT2D eigenvalue weighted by molar-refractivity contribution is 6.06. The van der Waals surface area contributed by atoms with Crippen LogP contribution in [0.5, 0.6) is 0 Å². The first-order valence-corrected chi connectivity index (χ1v) is 13.3. The van der Waals surface area contributed by atoms with Gasteiger partial charge in [0.1, 0.15) is 11.4 Å². The molecule has 1 amide bonds. The Hall–Kier alpha value is -2.11. The van der Waals surface area contributed by atoms with E-state index in [1.54, 1.807) is 11.9 Å². The van der Waals surface area contributed by atoms with Crippen LogP contribution in [0.1, 0.15) is 89.9 Å². The second kappa shape index (κ2) is 11.3. The second-order valence-electron chi connectivity index (χ2n) is 10.8. The van der Waals surface area contributed by atoms with Crippen LogP contribution in [0.25, 0.3) is 0 Å². The fraction of sp³-hybridized carbons (Fsp3) is 0.741. The summed E-state index contributed by atoms with van der Waals surface area (Å²) in [4.78, 5) is 24.1. The summed E-state index contributed by atoms with van der Waals surface area (Å²) in [7, 11) is 1.79. The van der Waals surface area contributed by atoms with Gasteiger partial charge in [-0.1, -0.05) is 57.4 Å². The van der Waals surface area contributed by atoms with Crippen LogP contribution < -0.4 is 11.1 Å². The van der Waals surface area contributed by atoms with Gasteiger partial charge in [-0.15, -0.1) is 0 Å². The molecule has 2 heterocycles. The van der Waals surface area contributed by atoms with Gasteiger partial charge in [0, 0.05) is 19.8 Å². The highest BCUT2D eigenvalue weighted by atomic mass is 16.2. The maximum Gasteiger partial charge on any atom is 0.257 e. The molecular weight excluding hydrogens is 410 g/mol. The van der Waals surface area contributed by atoms with Gasteiger partial charge >= 0.3 is 0 Å². The lowest BCUT2D eigenvalue weighted by atomic mass is 9.72. The Kier molecular flexibility index (Phi) is 8.26. The summed E-state index contributed by atoms with van der Waals surface area (Å²) in [5.41, 5.74) is 5.55. The lowest BCUT2D eigenvalue weighted by molar-refractivity contribution is -0.131. The van der Waals surface area contributed by atoms with Gasteiger partial charge in [-0.2, -0.15) is 0 Å². The van der Waals surface area contributed by atoms with Crippen molar-refractivity contribution in [2.75, 3.05) is 18.9 Å². The Balaban J connectivity index is 1.30. The lowest BCUT2D eigenvalue weighted by Gasteiger charge is -2.35. The maximum absolute atomic E-state index is 13.3. The standard InChI is InChI=1S/C27H43N5O/c1-32-25(33)27(31-26(32)28,16-15-21-9-3-2-4-10-21)20-23-12-7-11-22(19-23)13-8-18-30-24-14-5-6-17-29-24/h5-6,14,17,21-23H,2-4,7-13,15-16,18-20H2,1H3,(H2,28,31)(H,29,30)/t22?,23-,27+/m0/s1. The Labute approximate surface area is 199 Å². The molecule has 0 saturated heterocycles. The molecule has 1 aromatic rings. The number of rotatable bonds is 10. The van der Waals surface area contributed by atoms with E-state index in [4.69, 9.17) is 10.7 Å². The molecule has 6 nitrogen and oxygen atoms in total. The monoisotopic (exact) mass is 453 g/mol. The summed E-state index contributed by atoms with van der Waals surface area (Å²) in [6.07, 6.45) is 18.8. The van der Waals surface area contributed by atoms with Crippen molar-refractivity contribution in [1.29, 1.82) is 0 Å². The second-order valence-corrected chi connectivity index (χ2v) is 10.8. The number of amides is 1. The fourth-order valence-electron chi connectivity index (χ4n) is 6.48. The van der Waals surface area contributed by atoms with E-state index >= 15 is 0 Å². The summed E-state index contributed by atoms with van der Waals surface area (Å²) in [6, 6.07) is 5.98. The molecule has 2 saturated carbocycles. The average molecular weight is 454 g/mol. The van der Waals surface area contributed by atoms with E-state index in [-0.39, 0.29) is 5.91 Å². The highest BCUT2D eigenvalue weighted by Crippen LogP contribution is 2.42. The number of nitrogens with two attached hydrogens (primary N) is 1. The topological polar surface area (TPSA) is 83.6 Å². The van der Waals surface area contributed by atoms with Crippen LogP contribution in [-0.4, -0.2) is 40.9 Å². The van der Waals surface area contributed by atoms with Crippen LogP contribution in [0.4, 0.5) is 5.82 Å². The average Bonchev–Trinajstić information content (AvgIpc) is 3.06. The third-order valence-electron chi connectivity index (χ3n) is 8.34. The third kappa shape index (κ3) is 6.27. The maximum atomic E-state index is 13.3. The van der Waals surface area contributed by atoms with Crippen molar-refractivity contribution in [1.82, 2.24) is 9.88 Å². The summed E-state index contributed by atoms with van der Waals surface area (Å²) in [5.74, 6) is 3.59. The van der Waals surface area contributed by atoms with Crippen molar-refractivity contribution in [3.05, 3.63) is 24.4 Å². The zero-order chi connectivity index (χ0) is 23.1. The predicted octanol–water partition coefficient (Wildman–Crippen LogP) is 5.36. The number of carbonyl (C=O) groups is 1. The van der Waals surface area contributed by atoms with Crippen LogP contribution in [0.2, 0.25) is 0 Å². The number of anilines is 1. The van der Waals surface area contributed by atoms with Crippen LogP contribution in [-0.2, 0) is 4.79 Å². The number of pyridine rings is 1. The van der Waals surface area contributed by atoms with Gasteiger partial charge in [0.15, 0.2) is 5.96 Å². The first-order chi connectivity index (χ1) is 16.1. The van der Waals surface area contributed by atoms with E-state index in [0.29, 0.717) is 11.9 Å². The van der Waals surface area contributed by atoms with Gasteiger partial charge in [0.25, 0.3) is 5.91 Å². The first kappa shape index (κ1) is 24.0. The minimum Gasteiger partial charge on any atom is -0.370 e. The van der Waals surface area contributed by atoms with Gasteiger partial charge in [-0.25, -0.2) is 9.98 Å². The molecule has 2 fully saturated rings. The fourth-order valence-corrected chi connectivity index (χ4v) is 6.48. The van der Waals surface area contributed by atoms with E-state index in [1.807, 2.05) is 24.4 Å². The number of guanidine groups is 1. The number of carbonyl (C=O) groups excluding carboxylic acids is 1. The van der Waals surface area contributed by atoms with Crippen molar-refractivity contribution < 1.29 is 4.79 Å². The number of hydrogen-bond donors (Lipinski definition) is 2. The zero-order valence-corrected chi connectivity index (χ0v) is 20.5. The normalized spacial score (nSPS) is 28.7. The molecule has 3 aliphatic rings. The van der Waals surface area contributed by atoms with Crippen molar-refractivity contribution in [2.45, 2.75) is 95.4 Å². The number of likely N-dealkylation sites (N-methyl/N-ethyl adjacent to an activating group) is 1. The molecule has 0 aromatic carbocycles. The quantitative estimate of drug-likeness (QED) is 0.467. The highest BCUT2D eigenvalue weighted by Gasteiger charge is 2.47. The number of aliphatic imine (C=N–C) groups is 1. The summed E-state index contributed by atoms with van der Waals surface area (Å²) in [5, 5.41) is 3.43. The van der Waals surface area contributed by atoms with Crippen molar-refractivity contribution in [3.63, 3.8) is 0 Å². The third-order valence-corrected chi connectivity index (χ3v) is 8.34. The Morgan fingerprint density at radius 2 is 1.85 bits per heavy atom. The molecule has 0 spiro atoms. The molecule has 4 rings (SSSR count). The molecule has 6 heteroatoms. The van der Waals surface area contributed by atoms with Crippen LogP contribution >= 0.6 is 0 Å². The SMILES string of the molecule is CN1C(=O)[C@@](CCC2CCCCC2)(C[C@H]2CCCC(CCCNc3ccccn3)C2)N=C1N. The molecular formula is C27H43N5O.